The summed E-state index contributed by atoms with van der Waals surface area (Å²) in [6, 6.07) is 10.2. The molecule has 9 heteroatoms. The van der Waals surface area contributed by atoms with Crippen molar-refractivity contribution in [3.05, 3.63) is 52.9 Å². The van der Waals surface area contributed by atoms with Crippen molar-refractivity contribution < 1.29 is 23.5 Å². The molecule has 1 atom stereocenters. The minimum atomic E-state index is -0.324. The minimum Gasteiger partial charge on any atom is -0.493 e. The molecule has 0 N–H and O–H groups in total. The van der Waals surface area contributed by atoms with Crippen molar-refractivity contribution in [3.63, 3.8) is 0 Å². The molecular weight excluding hydrogens is 422 g/mol. The van der Waals surface area contributed by atoms with Crippen LogP contribution >= 0.6 is 11.6 Å². The van der Waals surface area contributed by atoms with Crippen molar-refractivity contribution in [1.29, 1.82) is 0 Å². The molecule has 8 nitrogen and oxygen atoms in total. The smallest absolute Gasteiger partial charge is 0.254 e. The van der Waals surface area contributed by atoms with Gasteiger partial charge >= 0.3 is 0 Å². The first kappa shape index (κ1) is 21.0. The maximum Gasteiger partial charge on any atom is 0.254 e. The number of amides is 1. The zero-order valence-electron chi connectivity index (χ0n) is 17.4. The number of hydrogen-bond acceptors (Lipinski definition) is 7. The molecule has 0 aliphatic carbocycles. The number of methoxy groups -OCH3 is 3. The van der Waals surface area contributed by atoms with Crippen molar-refractivity contribution in [2.75, 3.05) is 27.9 Å². The Balaban J connectivity index is 1.64. The maximum atomic E-state index is 13.4. The Labute approximate surface area is 184 Å². The van der Waals surface area contributed by atoms with Gasteiger partial charge in [-0.2, -0.15) is 4.98 Å². The average molecular weight is 444 g/mol. The molecule has 0 bridgehead atoms. The van der Waals surface area contributed by atoms with Crippen LogP contribution in [-0.2, 0) is 0 Å². The van der Waals surface area contributed by atoms with Crippen LogP contribution in [0.1, 0.15) is 35.1 Å². The van der Waals surface area contributed by atoms with Gasteiger partial charge in [0, 0.05) is 17.7 Å². The number of nitrogens with zero attached hydrogens (tertiary/aromatic N) is 3. The first-order valence-electron chi connectivity index (χ1n) is 9.76. The Morgan fingerprint density at radius 2 is 1.84 bits per heavy atom. The van der Waals surface area contributed by atoms with E-state index >= 15 is 0 Å². The highest BCUT2D eigenvalue weighted by atomic mass is 35.5. The van der Waals surface area contributed by atoms with E-state index in [2.05, 4.69) is 10.1 Å². The zero-order chi connectivity index (χ0) is 22.0. The van der Waals surface area contributed by atoms with Crippen LogP contribution in [0, 0.1) is 0 Å². The maximum absolute atomic E-state index is 13.4. The molecule has 2 heterocycles. The number of hydrogen-bond donors (Lipinski definition) is 0. The fraction of sp³-hybridized carbons (Fsp3) is 0.318. The molecule has 162 valence electrons. The van der Waals surface area contributed by atoms with Crippen molar-refractivity contribution in [2.24, 2.45) is 0 Å². The van der Waals surface area contributed by atoms with Gasteiger partial charge in [0.05, 0.1) is 26.4 Å². The molecule has 1 fully saturated rings. The largest absolute Gasteiger partial charge is 0.493 e. The number of halogens is 1. The summed E-state index contributed by atoms with van der Waals surface area (Å²) >= 11 is 6.25. The van der Waals surface area contributed by atoms with E-state index in [1.54, 1.807) is 23.1 Å². The SMILES string of the molecule is COc1cc(C(=O)N2CCCC2c2nc(-c3ccccc3Cl)no2)cc(OC)c1OC. The third-order valence-electron chi connectivity index (χ3n) is 5.27. The first-order chi connectivity index (χ1) is 15.1. The second-order valence-electron chi connectivity index (χ2n) is 7.01. The summed E-state index contributed by atoms with van der Waals surface area (Å²) < 4.78 is 21.6. The van der Waals surface area contributed by atoms with Gasteiger partial charge in [0.15, 0.2) is 11.5 Å². The Morgan fingerprint density at radius 3 is 2.48 bits per heavy atom. The Kier molecular flexibility index (Phi) is 5.99. The molecule has 0 radical (unpaired) electrons. The lowest BCUT2D eigenvalue weighted by atomic mass is 10.1. The van der Waals surface area contributed by atoms with E-state index in [4.69, 9.17) is 30.3 Å². The fourth-order valence-corrected chi connectivity index (χ4v) is 3.98. The Morgan fingerprint density at radius 1 is 1.13 bits per heavy atom. The van der Waals surface area contributed by atoms with Crippen LogP contribution in [0.15, 0.2) is 40.9 Å². The predicted octanol–water partition coefficient (Wildman–Crippen LogP) is 4.39. The number of rotatable bonds is 6. The summed E-state index contributed by atoms with van der Waals surface area (Å²) in [5.74, 6) is 1.86. The van der Waals surface area contributed by atoms with Crippen LogP contribution in [0.3, 0.4) is 0 Å². The molecule has 1 aliphatic heterocycles. The molecule has 1 unspecified atom stereocenters. The van der Waals surface area contributed by atoms with Crippen molar-refractivity contribution >= 4 is 17.5 Å². The molecule has 4 rings (SSSR count). The molecule has 1 aliphatic rings. The molecule has 31 heavy (non-hydrogen) atoms. The summed E-state index contributed by atoms with van der Waals surface area (Å²) in [6.45, 7) is 0.573. The zero-order valence-corrected chi connectivity index (χ0v) is 18.2. The predicted molar refractivity (Wildman–Crippen MR) is 114 cm³/mol. The Bertz CT molecular complexity index is 1080. The Hall–Kier alpha value is -3.26. The van der Waals surface area contributed by atoms with E-state index in [9.17, 15) is 4.79 Å². The molecule has 0 saturated carbocycles. The standard InChI is InChI=1S/C22H22ClN3O5/c1-28-17-11-13(12-18(29-2)19(17)30-3)22(27)26-10-6-9-16(26)21-24-20(25-31-21)14-7-4-5-8-15(14)23/h4-5,7-8,11-12,16H,6,9-10H2,1-3H3. The van der Waals surface area contributed by atoms with Gasteiger partial charge in [0.2, 0.25) is 17.5 Å². The lowest BCUT2D eigenvalue weighted by molar-refractivity contribution is 0.0709. The summed E-state index contributed by atoms with van der Waals surface area (Å²) in [5, 5.41) is 4.60. The monoisotopic (exact) mass is 443 g/mol. The second-order valence-corrected chi connectivity index (χ2v) is 7.41. The number of likely N-dealkylation sites (tertiary alicyclic amines) is 1. The van der Waals surface area contributed by atoms with E-state index in [1.165, 1.54) is 21.3 Å². The van der Waals surface area contributed by atoms with Gasteiger partial charge in [0.1, 0.15) is 6.04 Å². The van der Waals surface area contributed by atoms with E-state index < -0.39 is 0 Å². The highest BCUT2D eigenvalue weighted by Crippen LogP contribution is 2.40. The van der Waals surface area contributed by atoms with Crippen LogP contribution in [0.4, 0.5) is 0 Å². The van der Waals surface area contributed by atoms with Gasteiger partial charge < -0.3 is 23.6 Å². The molecule has 2 aromatic carbocycles. The highest BCUT2D eigenvalue weighted by Gasteiger charge is 2.35. The van der Waals surface area contributed by atoms with Crippen LogP contribution in [0.2, 0.25) is 5.02 Å². The van der Waals surface area contributed by atoms with Gasteiger partial charge in [-0.05, 0) is 37.1 Å². The van der Waals surface area contributed by atoms with Crippen LogP contribution in [-0.4, -0.2) is 48.8 Å². The van der Waals surface area contributed by atoms with Crippen molar-refractivity contribution in [1.82, 2.24) is 15.0 Å². The van der Waals surface area contributed by atoms with Crippen LogP contribution in [0.5, 0.6) is 17.2 Å². The molecular formula is C22H22ClN3O5. The molecule has 1 amide bonds. The number of ether oxygens (including phenoxy) is 3. The number of carbonyl (C=O) groups is 1. The van der Waals surface area contributed by atoms with Crippen molar-refractivity contribution in [2.45, 2.75) is 18.9 Å². The van der Waals surface area contributed by atoms with Crippen LogP contribution < -0.4 is 14.2 Å². The molecule has 3 aromatic rings. The number of carbonyl (C=O) groups excluding carboxylic acids is 1. The summed E-state index contributed by atoms with van der Waals surface area (Å²) in [4.78, 5) is 19.6. The van der Waals surface area contributed by atoms with E-state index in [-0.39, 0.29) is 11.9 Å². The van der Waals surface area contributed by atoms with E-state index in [1.807, 2.05) is 18.2 Å². The van der Waals surface area contributed by atoms with Crippen LogP contribution in [0.25, 0.3) is 11.4 Å². The average Bonchev–Trinajstić information content (AvgIpc) is 3.47. The van der Waals surface area contributed by atoms with E-state index in [0.29, 0.717) is 51.7 Å². The van der Waals surface area contributed by atoms with Gasteiger partial charge in [-0.1, -0.05) is 28.9 Å². The lowest BCUT2D eigenvalue weighted by Gasteiger charge is -2.23. The molecule has 1 aromatic heterocycles. The van der Waals surface area contributed by atoms with E-state index in [0.717, 1.165) is 12.8 Å². The second kappa shape index (κ2) is 8.85. The third kappa shape index (κ3) is 3.90. The van der Waals surface area contributed by atoms with Crippen molar-refractivity contribution in [3.8, 4) is 28.6 Å². The fourth-order valence-electron chi connectivity index (χ4n) is 3.76. The van der Waals surface area contributed by atoms with Gasteiger partial charge in [-0.25, -0.2) is 0 Å². The first-order valence-corrected chi connectivity index (χ1v) is 10.1. The highest BCUT2D eigenvalue weighted by molar-refractivity contribution is 6.33. The van der Waals surface area contributed by atoms with Gasteiger partial charge in [0.25, 0.3) is 5.91 Å². The normalized spacial score (nSPS) is 15.7. The summed E-state index contributed by atoms with van der Waals surface area (Å²) in [5.41, 5.74) is 1.10. The van der Waals surface area contributed by atoms with Gasteiger partial charge in [-0.15, -0.1) is 0 Å². The summed E-state index contributed by atoms with van der Waals surface area (Å²) in [7, 11) is 4.54. The molecule has 1 saturated heterocycles. The minimum absolute atomic E-state index is 0.181. The quantitative estimate of drug-likeness (QED) is 0.558. The third-order valence-corrected chi connectivity index (χ3v) is 5.60. The lowest BCUT2D eigenvalue weighted by Crippen LogP contribution is -2.30. The topological polar surface area (TPSA) is 86.9 Å². The molecule has 0 spiro atoms. The number of aromatic nitrogens is 2. The number of benzene rings is 2. The van der Waals surface area contributed by atoms with Gasteiger partial charge in [-0.3, -0.25) is 4.79 Å². The summed E-state index contributed by atoms with van der Waals surface area (Å²) in [6.07, 6.45) is 1.55.